The van der Waals surface area contributed by atoms with Gasteiger partial charge in [0, 0.05) is 12.6 Å². The first kappa shape index (κ1) is 18.8. The fourth-order valence-corrected chi connectivity index (χ4v) is 4.06. The molecule has 0 aromatic heterocycles. The summed E-state index contributed by atoms with van der Waals surface area (Å²) in [6, 6.07) is 18.7. The minimum absolute atomic E-state index is 0.178. The van der Waals surface area contributed by atoms with Crippen LogP contribution in [0.3, 0.4) is 0 Å². The van der Waals surface area contributed by atoms with Crippen molar-refractivity contribution in [1.82, 2.24) is 4.90 Å². The Morgan fingerprint density at radius 3 is 2.61 bits per heavy atom. The van der Waals surface area contributed by atoms with Crippen molar-refractivity contribution >= 4 is 10.8 Å². The molecule has 3 nitrogen and oxygen atoms in total. The molecule has 1 aliphatic rings. The van der Waals surface area contributed by atoms with Gasteiger partial charge in [0.2, 0.25) is 0 Å². The zero-order valence-corrected chi connectivity index (χ0v) is 16.0. The molecule has 1 atom stereocenters. The van der Waals surface area contributed by atoms with Crippen LogP contribution in [0.5, 0.6) is 11.5 Å². The first-order valence-electron chi connectivity index (χ1n) is 10.0. The summed E-state index contributed by atoms with van der Waals surface area (Å²) in [6.07, 6.45) is 4.61. The molecule has 0 amide bonds. The second-order valence-electron chi connectivity index (χ2n) is 7.56. The molecule has 1 unspecified atom stereocenters. The average molecular weight is 379 g/mol. The molecule has 4 rings (SSSR count). The molecule has 4 heteroatoms. The van der Waals surface area contributed by atoms with Crippen LogP contribution in [0.4, 0.5) is 4.39 Å². The molecule has 0 bridgehead atoms. The third-order valence-corrected chi connectivity index (χ3v) is 5.58. The number of likely N-dealkylation sites (tertiary alicyclic amines) is 1. The molecule has 3 aromatic rings. The molecular formula is C24H26FNO2. The summed E-state index contributed by atoms with van der Waals surface area (Å²) in [7, 11) is 0. The zero-order valence-electron chi connectivity index (χ0n) is 16.0. The van der Waals surface area contributed by atoms with Crippen molar-refractivity contribution < 1.29 is 14.2 Å². The number of ether oxygens (including phenoxy) is 1. The standard InChI is InChI=1S/C24H26FNO2/c25-21-8-4-18(5-9-21)15-22-3-1-2-12-26(22)13-14-28-24-11-7-19-16-23(27)10-6-20(19)17-24/h4-11,16-17,22,27H,1-3,12-15H2. The summed E-state index contributed by atoms with van der Waals surface area (Å²) < 4.78 is 19.2. The highest BCUT2D eigenvalue weighted by Crippen LogP contribution is 2.25. The van der Waals surface area contributed by atoms with Crippen molar-refractivity contribution in [2.75, 3.05) is 19.7 Å². The first-order valence-corrected chi connectivity index (χ1v) is 10.0. The third kappa shape index (κ3) is 4.63. The lowest BCUT2D eigenvalue weighted by Gasteiger charge is -2.35. The number of hydrogen-bond donors (Lipinski definition) is 1. The number of benzene rings is 3. The second kappa shape index (κ2) is 8.61. The van der Waals surface area contributed by atoms with Crippen LogP contribution in [0.2, 0.25) is 0 Å². The highest BCUT2D eigenvalue weighted by molar-refractivity contribution is 5.85. The van der Waals surface area contributed by atoms with Gasteiger partial charge in [-0.05, 0) is 78.5 Å². The van der Waals surface area contributed by atoms with Crippen molar-refractivity contribution in [1.29, 1.82) is 0 Å². The van der Waals surface area contributed by atoms with Gasteiger partial charge in [0.1, 0.15) is 23.9 Å². The lowest BCUT2D eigenvalue weighted by molar-refractivity contribution is 0.122. The number of rotatable bonds is 6. The fraction of sp³-hybridized carbons (Fsp3) is 0.333. The number of fused-ring (bicyclic) bond motifs is 1. The number of phenols is 1. The minimum atomic E-state index is -0.178. The molecule has 1 fully saturated rings. The molecule has 0 radical (unpaired) electrons. The van der Waals surface area contributed by atoms with Gasteiger partial charge in [-0.15, -0.1) is 0 Å². The fourth-order valence-electron chi connectivity index (χ4n) is 4.06. The van der Waals surface area contributed by atoms with Crippen LogP contribution in [0.15, 0.2) is 60.7 Å². The van der Waals surface area contributed by atoms with Gasteiger partial charge in [-0.25, -0.2) is 4.39 Å². The first-order chi connectivity index (χ1) is 13.7. The molecule has 0 spiro atoms. The van der Waals surface area contributed by atoms with Crippen molar-refractivity contribution in [3.05, 3.63) is 72.0 Å². The van der Waals surface area contributed by atoms with Crippen LogP contribution < -0.4 is 4.74 Å². The van der Waals surface area contributed by atoms with E-state index in [1.807, 2.05) is 36.4 Å². The van der Waals surface area contributed by atoms with Crippen molar-refractivity contribution in [2.45, 2.75) is 31.7 Å². The predicted octanol–water partition coefficient (Wildman–Crippen LogP) is 5.16. The van der Waals surface area contributed by atoms with Gasteiger partial charge in [0.05, 0.1) is 0 Å². The molecule has 28 heavy (non-hydrogen) atoms. The van der Waals surface area contributed by atoms with Gasteiger partial charge in [0.25, 0.3) is 0 Å². The Labute approximate surface area is 165 Å². The Balaban J connectivity index is 1.34. The summed E-state index contributed by atoms with van der Waals surface area (Å²) in [5, 5.41) is 11.6. The lowest BCUT2D eigenvalue weighted by atomic mass is 9.95. The molecule has 1 heterocycles. The third-order valence-electron chi connectivity index (χ3n) is 5.58. The van der Waals surface area contributed by atoms with Gasteiger partial charge in [0.15, 0.2) is 0 Å². The highest BCUT2D eigenvalue weighted by atomic mass is 19.1. The molecule has 1 aliphatic heterocycles. The van der Waals surface area contributed by atoms with Gasteiger partial charge in [-0.2, -0.15) is 0 Å². The van der Waals surface area contributed by atoms with E-state index in [0.717, 1.165) is 36.0 Å². The summed E-state index contributed by atoms with van der Waals surface area (Å²) in [5.74, 6) is 0.951. The van der Waals surface area contributed by atoms with E-state index in [1.165, 1.54) is 24.8 Å². The number of piperidine rings is 1. The normalized spacial score (nSPS) is 17.7. The van der Waals surface area contributed by atoms with E-state index in [1.54, 1.807) is 24.3 Å². The topological polar surface area (TPSA) is 32.7 Å². The maximum absolute atomic E-state index is 13.1. The van der Waals surface area contributed by atoms with E-state index in [0.29, 0.717) is 12.6 Å². The highest BCUT2D eigenvalue weighted by Gasteiger charge is 2.22. The van der Waals surface area contributed by atoms with E-state index < -0.39 is 0 Å². The Hall–Kier alpha value is -2.59. The number of nitrogens with zero attached hydrogens (tertiary/aromatic N) is 1. The Morgan fingerprint density at radius 2 is 1.75 bits per heavy atom. The number of hydrogen-bond acceptors (Lipinski definition) is 3. The van der Waals surface area contributed by atoms with Crippen LogP contribution in [-0.4, -0.2) is 35.7 Å². The van der Waals surface area contributed by atoms with E-state index in [4.69, 9.17) is 4.74 Å². The molecular weight excluding hydrogens is 353 g/mol. The molecule has 1 saturated heterocycles. The SMILES string of the molecule is Oc1ccc2cc(OCCN3CCCCC3Cc3ccc(F)cc3)ccc2c1. The Morgan fingerprint density at radius 1 is 0.964 bits per heavy atom. The van der Waals surface area contributed by atoms with Crippen LogP contribution in [0.1, 0.15) is 24.8 Å². The maximum Gasteiger partial charge on any atom is 0.123 e. The van der Waals surface area contributed by atoms with Crippen LogP contribution in [0.25, 0.3) is 10.8 Å². The number of halogens is 1. The monoisotopic (exact) mass is 379 g/mol. The van der Waals surface area contributed by atoms with Crippen molar-refractivity contribution in [3.63, 3.8) is 0 Å². The Bertz CT molecular complexity index is 926. The summed E-state index contributed by atoms with van der Waals surface area (Å²) in [4.78, 5) is 2.51. The molecule has 146 valence electrons. The smallest absolute Gasteiger partial charge is 0.123 e. The van der Waals surface area contributed by atoms with E-state index in [-0.39, 0.29) is 11.6 Å². The van der Waals surface area contributed by atoms with E-state index >= 15 is 0 Å². The second-order valence-corrected chi connectivity index (χ2v) is 7.56. The number of aromatic hydroxyl groups is 1. The lowest BCUT2D eigenvalue weighted by Crippen LogP contribution is -2.43. The zero-order chi connectivity index (χ0) is 19.3. The summed E-state index contributed by atoms with van der Waals surface area (Å²) in [5.41, 5.74) is 1.19. The molecule has 0 aliphatic carbocycles. The van der Waals surface area contributed by atoms with Gasteiger partial charge < -0.3 is 9.84 Å². The predicted molar refractivity (Wildman–Crippen MR) is 110 cm³/mol. The largest absolute Gasteiger partial charge is 0.508 e. The van der Waals surface area contributed by atoms with Gasteiger partial charge in [-0.3, -0.25) is 4.90 Å². The van der Waals surface area contributed by atoms with Crippen LogP contribution in [0, 0.1) is 5.82 Å². The summed E-state index contributed by atoms with van der Waals surface area (Å²) in [6.45, 7) is 2.62. The Kier molecular flexibility index (Phi) is 5.77. The van der Waals surface area contributed by atoms with Crippen molar-refractivity contribution in [2.24, 2.45) is 0 Å². The molecule has 3 aromatic carbocycles. The van der Waals surface area contributed by atoms with Crippen LogP contribution in [-0.2, 0) is 6.42 Å². The average Bonchev–Trinajstić information content (AvgIpc) is 2.71. The van der Waals surface area contributed by atoms with E-state index in [9.17, 15) is 9.50 Å². The minimum Gasteiger partial charge on any atom is -0.508 e. The molecule has 1 N–H and O–H groups in total. The quantitative estimate of drug-likeness (QED) is 0.642. The molecule has 0 saturated carbocycles. The van der Waals surface area contributed by atoms with Crippen molar-refractivity contribution in [3.8, 4) is 11.5 Å². The maximum atomic E-state index is 13.1. The summed E-state index contributed by atoms with van der Waals surface area (Å²) >= 11 is 0. The van der Waals surface area contributed by atoms with Gasteiger partial charge in [-0.1, -0.05) is 30.7 Å². The van der Waals surface area contributed by atoms with E-state index in [2.05, 4.69) is 4.90 Å². The van der Waals surface area contributed by atoms with Crippen LogP contribution >= 0.6 is 0 Å². The van der Waals surface area contributed by atoms with Gasteiger partial charge >= 0.3 is 0 Å². The number of phenolic OH excluding ortho intramolecular Hbond substituents is 1.